The van der Waals surface area contributed by atoms with Gasteiger partial charge in [-0.25, -0.2) is 4.98 Å². The maximum atomic E-state index is 11.4. The second-order valence-electron chi connectivity index (χ2n) is 3.60. The van der Waals surface area contributed by atoms with Gasteiger partial charge in [-0.05, 0) is 17.7 Å². The number of hydrogen-bond acceptors (Lipinski definition) is 5. The Balaban J connectivity index is 2.13. The number of nitrogen functional groups attached to an aromatic ring is 1. The molecule has 3 N–H and O–H groups in total. The second kappa shape index (κ2) is 5.22. The molecule has 0 spiro atoms. The summed E-state index contributed by atoms with van der Waals surface area (Å²) in [6.07, 6.45) is 1.27. The summed E-state index contributed by atoms with van der Waals surface area (Å²) in [7, 11) is 1.39. The Hall–Kier alpha value is -2.50. The van der Waals surface area contributed by atoms with Crippen LogP contribution in [0.1, 0.15) is 5.56 Å². The molecule has 6 heteroatoms. The van der Waals surface area contributed by atoms with Crippen molar-refractivity contribution in [2.75, 3.05) is 12.8 Å². The Morgan fingerprint density at radius 2 is 2.06 bits per heavy atom. The molecule has 0 fully saturated rings. The lowest BCUT2D eigenvalue weighted by Crippen LogP contribution is -2.12. The summed E-state index contributed by atoms with van der Waals surface area (Å²) in [6.45, 7) is 0.285. The highest BCUT2D eigenvalue weighted by atomic mass is 16.5. The number of benzene rings is 1. The monoisotopic (exact) mass is 247 g/mol. The van der Waals surface area contributed by atoms with Gasteiger partial charge in [0.1, 0.15) is 6.61 Å². The van der Waals surface area contributed by atoms with E-state index in [0.717, 1.165) is 5.56 Å². The van der Waals surface area contributed by atoms with Gasteiger partial charge in [0, 0.05) is 5.69 Å². The zero-order valence-corrected chi connectivity index (χ0v) is 9.84. The third-order valence-electron chi connectivity index (χ3n) is 2.34. The van der Waals surface area contributed by atoms with Crippen LogP contribution in [0.25, 0.3) is 0 Å². The topological polar surface area (TPSA) is 90.2 Å². The maximum Gasteiger partial charge on any atom is 0.297 e. The molecule has 6 nitrogen and oxygen atoms in total. The number of anilines is 1. The first-order valence-electron chi connectivity index (χ1n) is 5.29. The predicted molar refractivity (Wildman–Crippen MR) is 66.6 cm³/mol. The molecule has 94 valence electrons. The molecule has 0 aliphatic heterocycles. The summed E-state index contributed by atoms with van der Waals surface area (Å²) in [6, 6.07) is 7.24. The minimum Gasteiger partial charge on any atom is -0.487 e. The van der Waals surface area contributed by atoms with Gasteiger partial charge in [0.15, 0.2) is 0 Å². The van der Waals surface area contributed by atoms with E-state index in [9.17, 15) is 4.79 Å². The van der Waals surface area contributed by atoms with Crippen LogP contribution in [0, 0.1) is 0 Å². The van der Waals surface area contributed by atoms with E-state index in [1.807, 2.05) is 12.1 Å². The minimum absolute atomic E-state index is 0.0629. The van der Waals surface area contributed by atoms with E-state index in [-0.39, 0.29) is 23.8 Å². The third-order valence-corrected chi connectivity index (χ3v) is 2.34. The van der Waals surface area contributed by atoms with E-state index >= 15 is 0 Å². The van der Waals surface area contributed by atoms with E-state index in [1.54, 1.807) is 12.1 Å². The molecule has 2 rings (SSSR count). The van der Waals surface area contributed by atoms with Crippen LogP contribution in [0.5, 0.6) is 11.6 Å². The van der Waals surface area contributed by atoms with E-state index in [4.69, 9.17) is 15.2 Å². The van der Waals surface area contributed by atoms with Crippen LogP contribution in [-0.2, 0) is 6.61 Å². The molecule has 0 bridgehead atoms. The molecule has 1 heterocycles. The molecule has 0 unspecified atom stereocenters. The van der Waals surface area contributed by atoms with Crippen LogP contribution in [-0.4, -0.2) is 17.1 Å². The number of hydrogen-bond donors (Lipinski definition) is 2. The molecule has 0 atom stereocenters. The molecule has 0 saturated heterocycles. The fraction of sp³-hybridized carbons (Fsp3) is 0.167. The zero-order valence-electron chi connectivity index (χ0n) is 9.84. The molecule has 1 aromatic carbocycles. The average molecular weight is 247 g/mol. The molecule has 0 saturated carbocycles. The van der Waals surface area contributed by atoms with Crippen LogP contribution in [0.4, 0.5) is 5.69 Å². The van der Waals surface area contributed by atoms with Crippen LogP contribution in [0.15, 0.2) is 35.4 Å². The summed E-state index contributed by atoms with van der Waals surface area (Å²) in [5.41, 5.74) is 6.82. The molecular weight excluding hydrogens is 234 g/mol. The number of nitrogens with zero attached hydrogens (tertiary/aromatic N) is 1. The van der Waals surface area contributed by atoms with Crippen LogP contribution >= 0.6 is 0 Å². The van der Waals surface area contributed by atoms with Gasteiger partial charge in [-0.15, -0.1) is 0 Å². The van der Waals surface area contributed by atoms with Gasteiger partial charge in [-0.2, -0.15) is 0 Å². The summed E-state index contributed by atoms with van der Waals surface area (Å²) in [5, 5.41) is 0. The molecule has 1 aromatic heterocycles. The van der Waals surface area contributed by atoms with E-state index in [1.165, 1.54) is 13.4 Å². The van der Waals surface area contributed by atoms with Gasteiger partial charge in [0.05, 0.1) is 13.4 Å². The SMILES string of the molecule is COc1c(OCc2ccc(N)cc2)nc[nH]c1=O. The lowest BCUT2D eigenvalue weighted by atomic mass is 10.2. The van der Waals surface area contributed by atoms with Gasteiger partial charge in [0.2, 0.25) is 5.75 Å². The van der Waals surface area contributed by atoms with E-state index in [0.29, 0.717) is 5.69 Å². The van der Waals surface area contributed by atoms with Crippen molar-refractivity contribution in [1.82, 2.24) is 9.97 Å². The highest BCUT2D eigenvalue weighted by Crippen LogP contribution is 2.19. The first-order chi connectivity index (χ1) is 8.70. The van der Waals surface area contributed by atoms with Crippen molar-refractivity contribution in [3.63, 3.8) is 0 Å². The Labute approximate surface area is 103 Å². The zero-order chi connectivity index (χ0) is 13.0. The quantitative estimate of drug-likeness (QED) is 0.785. The molecule has 0 aliphatic carbocycles. The van der Waals surface area contributed by atoms with Gasteiger partial charge < -0.3 is 20.2 Å². The van der Waals surface area contributed by atoms with Crippen molar-refractivity contribution in [2.24, 2.45) is 0 Å². The Morgan fingerprint density at radius 3 is 2.72 bits per heavy atom. The Kier molecular flexibility index (Phi) is 3.47. The van der Waals surface area contributed by atoms with Crippen LogP contribution < -0.4 is 20.8 Å². The maximum absolute atomic E-state index is 11.4. The fourth-order valence-corrected chi connectivity index (χ4v) is 1.42. The number of H-pyrrole nitrogens is 1. The molecule has 0 radical (unpaired) electrons. The standard InChI is InChI=1S/C12H13N3O3/c1-17-10-11(16)14-7-15-12(10)18-6-8-2-4-9(13)5-3-8/h2-5,7H,6,13H2,1H3,(H,14,15,16). The van der Waals surface area contributed by atoms with Crippen molar-refractivity contribution in [2.45, 2.75) is 6.61 Å². The van der Waals surface area contributed by atoms with Crippen LogP contribution in [0.3, 0.4) is 0 Å². The van der Waals surface area contributed by atoms with Crippen molar-refractivity contribution in [3.05, 3.63) is 46.5 Å². The van der Waals surface area contributed by atoms with Crippen molar-refractivity contribution in [3.8, 4) is 11.6 Å². The highest BCUT2D eigenvalue weighted by molar-refractivity contribution is 5.39. The molecule has 0 amide bonds. The van der Waals surface area contributed by atoms with Gasteiger partial charge in [-0.3, -0.25) is 4.79 Å². The van der Waals surface area contributed by atoms with E-state index < -0.39 is 0 Å². The van der Waals surface area contributed by atoms with Gasteiger partial charge >= 0.3 is 0 Å². The summed E-state index contributed by atoms with van der Waals surface area (Å²) < 4.78 is 10.4. The summed E-state index contributed by atoms with van der Waals surface area (Å²) in [5.74, 6) is 0.228. The molecular formula is C12H13N3O3. The predicted octanol–water partition coefficient (Wildman–Crippen LogP) is 0.940. The molecule has 2 aromatic rings. The fourth-order valence-electron chi connectivity index (χ4n) is 1.42. The summed E-state index contributed by atoms with van der Waals surface area (Å²) >= 11 is 0. The first kappa shape index (κ1) is 12.0. The molecule has 0 aliphatic rings. The Bertz CT molecular complexity index is 578. The van der Waals surface area contributed by atoms with Gasteiger partial charge in [-0.1, -0.05) is 12.1 Å². The van der Waals surface area contributed by atoms with Crippen LogP contribution in [0.2, 0.25) is 0 Å². The third kappa shape index (κ3) is 2.60. The number of methoxy groups -OCH3 is 1. The van der Waals surface area contributed by atoms with Gasteiger partial charge in [0.25, 0.3) is 11.4 Å². The first-order valence-corrected chi connectivity index (χ1v) is 5.29. The smallest absolute Gasteiger partial charge is 0.297 e. The number of rotatable bonds is 4. The van der Waals surface area contributed by atoms with Crippen molar-refractivity contribution in [1.29, 1.82) is 0 Å². The number of aromatic nitrogens is 2. The number of nitrogens with one attached hydrogen (secondary N) is 1. The normalized spacial score (nSPS) is 10.1. The number of nitrogens with two attached hydrogens (primary N) is 1. The van der Waals surface area contributed by atoms with Crippen molar-refractivity contribution < 1.29 is 9.47 Å². The van der Waals surface area contributed by atoms with Crippen molar-refractivity contribution >= 4 is 5.69 Å². The van der Waals surface area contributed by atoms with E-state index in [2.05, 4.69) is 9.97 Å². The summed E-state index contributed by atoms with van der Waals surface area (Å²) in [4.78, 5) is 17.7. The number of aromatic amines is 1. The largest absolute Gasteiger partial charge is 0.487 e. The number of ether oxygens (including phenoxy) is 2. The average Bonchev–Trinajstić information content (AvgIpc) is 2.38. The molecule has 18 heavy (non-hydrogen) atoms. The Morgan fingerprint density at radius 1 is 1.33 bits per heavy atom. The highest BCUT2D eigenvalue weighted by Gasteiger charge is 2.10. The second-order valence-corrected chi connectivity index (χ2v) is 3.60. The lowest BCUT2D eigenvalue weighted by Gasteiger charge is -2.08. The lowest BCUT2D eigenvalue weighted by molar-refractivity contribution is 0.270. The minimum atomic E-state index is -0.375.